The summed E-state index contributed by atoms with van der Waals surface area (Å²) in [5.74, 6) is 0. The van der Waals surface area contributed by atoms with E-state index >= 15 is 0 Å². The number of rotatable bonds is 1. The fraction of sp³-hybridized carbons (Fsp3) is 0.0698. The SMILES string of the molecule is NC1C=Cc2c(n(-c3ccc4oc5ccccc5c4c3)c3c4c(ccc23)C2(c3ccccc3S4)c3ccccc3-c3ccccc32)C1. The Hall–Kier alpha value is -5.29. The van der Waals surface area contributed by atoms with Crippen LogP contribution >= 0.6 is 11.8 Å². The van der Waals surface area contributed by atoms with Crippen LogP contribution < -0.4 is 5.73 Å². The lowest BCUT2D eigenvalue weighted by atomic mass is 9.67. The van der Waals surface area contributed by atoms with E-state index in [4.69, 9.17) is 10.2 Å². The van der Waals surface area contributed by atoms with Crippen molar-refractivity contribution in [1.82, 2.24) is 4.57 Å². The van der Waals surface area contributed by atoms with E-state index in [2.05, 4.69) is 132 Å². The molecule has 6 aromatic carbocycles. The zero-order chi connectivity index (χ0) is 30.9. The number of fused-ring (bicyclic) bond motifs is 16. The predicted molar refractivity (Wildman–Crippen MR) is 193 cm³/mol. The van der Waals surface area contributed by atoms with Crippen LogP contribution in [0.25, 0.3) is 55.7 Å². The van der Waals surface area contributed by atoms with Crippen molar-refractivity contribution < 1.29 is 4.42 Å². The van der Waals surface area contributed by atoms with Crippen molar-refractivity contribution >= 4 is 50.7 Å². The van der Waals surface area contributed by atoms with Crippen molar-refractivity contribution in [1.29, 1.82) is 0 Å². The van der Waals surface area contributed by atoms with Crippen LogP contribution in [0.1, 0.15) is 33.5 Å². The molecule has 0 radical (unpaired) electrons. The highest BCUT2D eigenvalue weighted by Gasteiger charge is 2.50. The Labute approximate surface area is 275 Å². The standard InChI is InChI=1S/C43H28N2OS/c44-25-17-19-29-31-20-21-36-42(41(31)45(37(29)23-25)26-18-22-39-32(24-26)30-11-3-7-15-38(30)46-39)47-40-16-8-6-14-35(40)43(36)33-12-4-1-9-27(33)28-10-2-5-13-34(28)43/h1-22,24-25H,23,44H2. The van der Waals surface area contributed by atoms with Gasteiger partial charge in [-0.3, -0.25) is 0 Å². The molecule has 1 atom stereocenters. The molecule has 47 heavy (non-hydrogen) atoms. The monoisotopic (exact) mass is 620 g/mol. The largest absolute Gasteiger partial charge is 0.456 e. The molecule has 0 saturated carbocycles. The zero-order valence-corrected chi connectivity index (χ0v) is 26.2. The Morgan fingerprint density at radius 3 is 2.19 bits per heavy atom. The molecule has 3 nitrogen and oxygen atoms in total. The van der Waals surface area contributed by atoms with Crippen molar-refractivity contribution in [2.45, 2.75) is 27.7 Å². The molecule has 1 spiro atoms. The van der Waals surface area contributed by atoms with Gasteiger partial charge in [-0.05, 0) is 63.7 Å². The minimum Gasteiger partial charge on any atom is -0.456 e. The summed E-state index contributed by atoms with van der Waals surface area (Å²) in [5.41, 5.74) is 21.0. The molecule has 1 aliphatic heterocycles. The molecule has 0 bridgehead atoms. The van der Waals surface area contributed by atoms with Gasteiger partial charge in [-0.25, -0.2) is 0 Å². The summed E-state index contributed by atoms with van der Waals surface area (Å²) in [6.07, 6.45) is 5.18. The van der Waals surface area contributed by atoms with Gasteiger partial charge in [-0.1, -0.05) is 121 Å². The molecule has 1 unspecified atom stereocenters. The summed E-state index contributed by atoms with van der Waals surface area (Å²) in [4.78, 5) is 2.61. The van der Waals surface area contributed by atoms with E-state index < -0.39 is 5.41 Å². The summed E-state index contributed by atoms with van der Waals surface area (Å²) in [7, 11) is 0. The first-order chi connectivity index (χ1) is 23.2. The lowest BCUT2D eigenvalue weighted by molar-refractivity contribution is 0.669. The van der Waals surface area contributed by atoms with Crippen molar-refractivity contribution in [2.24, 2.45) is 5.73 Å². The van der Waals surface area contributed by atoms with E-state index in [9.17, 15) is 0 Å². The van der Waals surface area contributed by atoms with Gasteiger partial charge in [0.1, 0.15) is 11.2 Å². The Bertz CT molecular complexity index is 2630. The van der Waals surface area contributed by atoms with Crippen LogP contribution in [0, 0.1) is 0 Å². The highest BCUT2D eigenvalue weighted by molar-refractivity contribution is 7.99. The highest BCUT2D eigenvalue weighted by Crippen LogP contribution is 2.63. The number of nitrogens with zero attached hydrogens (tertiary/aromatic N) is 1. The van der Waals surface area contributed by atoms with E-state index in [0.717, 1.165) is 34.0 Å². The molecular weight excluding hydrogens is 593 g/mol. The molecule has 2 aromatic heterocycles. The summed E-state index contributed by atoms with van der Waals surface area (Å²) in [5, 5.41) is 3.53. The maximum Gasteiger partial charge on any atom is 0.135 e. The molecule has 11 rings (SSSR count). The van der Waals surface area contributed by atoms with Crippen LogP contribution in [0.15, 0.2) is 148 Å². The van der Waals surface area contributed by atoms with Crippen molar-refractivity contribution in [2.75, 3.05) is 0 Å². The minimum absolute atomic E-state index is 0.0341. The van der Waals surface area contributed by atoms with Crippen LogP contribution in [0.2, 0.25) is 0 Å². The fourth-order valence-corrected chi connectivity index (χ4v) is 10.1. The number of hydrogen-bond donors (Lipinski definition) is 1. The summed E-state index contributed by atoms with van der Waals surface area (Å²) >= 11 is 1.91. The third-order valence-electron chi connectivity index (χ3n) is 10.6. The average molecular weight is 621 g/mol. The third-order valence-corrected chi connectivity index (χ3v) is 11.8. The average Bonchev–Trinajstić information content (AvgIpc) is 3.75. The molecule has 2 N–H and O–H groups in total. The van der Waals surface area contributed by atoms with Crippen LogP contribution in [-0.4, -0.2) is 10.6 Å². The maximum absolute atomic E-state index is 6.65. The second-order valence-electron chi connectivity index (χ2n) is 13.0. The Balaban J connectivity index is 1.30. The second kappa shape index (κ2) is 9.16. The van der Waals surface area contributed by atoms with Gasteiger partial charge in [0.25, 0.3) is 0 Å². The molecule has 0 amide bonds. The Morgan fingerprint density at radius 1 is 0.660 bits per heavy atom. The van der Waals surface area contributed by atoms with Crippen molar-refractivity contribution in [3.63, 3.8) is 0 Å². The minimum atomic E-state index is -0.425. The topological polar surface area (TPSA) is 44.1 Å². The molecule has 3 aliphatic rings. The van der Waals surface area contributed by atoms with E-state index in [1.807, 2.05) is 23.9 Å². The predicted octanol–water partition coefficient (Wildman–Crippen LogP) is 10.3. The number of benzene rings is 6. The number of para-hydroxylation sites is 1. The molecular formula is C43H28N2OS. The van der Waals surface area contributed by atoms with Crippen LogP contribution in [0.5, 0.6) is 0 Å². The molecule has 222 valence electrons. The van der Waals surface area contributed by atoms with E-state index in [1.54, 1.807) is 0 Å². The first-order valence-electron chi connectivity index (χ1n) is 16.2. The molecule has 4 heteroatoms. The second-order valence-corrected chi connectivity index (χ2v) is 14.0. The van der Waals surface area contributed by atoms with E-state index in [-0.39, 0.29) is 6.04 Å². The maximum atomic E-state index is 6.65. The molecule has 0 fully saturated rings. The number of furan rings is 1. The summed E-state index contributed by atoms with van der Waals surface area (Å²) in [6, 6.07) is 46.8. The quantitative estimate of drug-likeness (QED) is 0.199. The van der Waals surface area contributed by atoms with Crippen LogP contribution in [0.4, 0.5) is 0 Å². The number of nitrogens with two attached hydrogens (primary N) is 1. The van der Waals surface area contributed by atoms with Gasteiger partial charge in [-0.15, -0.1) is 0 Å². The van der Waals surface area contributed by atoms with E-state index in [0.29, 0.717) is 0 Å². The van der Waals surface area contributed by atoms with Crippen molar-refractivity contribution in [3.05, 3.63) is 167 Å². The van der Waals surface area contributed by atoms with E-state index in [1.165, 1.54) is 65.3 Å². The molecule has 2 aliphatic carbocycles. The van der Waals surface area contributed by atoms with Gasteiger partial charge in [0.05, 0.1) is 10.9 Å². The fourth-order valence-electron chi connectivity index (χ4n) is 8.79. The first kappa shape index (κ1) is 25.9. The normalized spacial score (nSPS) is 16.7. The lowest BCUT2D eigenvalue weighted by Gasteiger charge is -2.40. The van der Waals surface area contributed by atoms with Gasteiger partial charge in [0.15, 0.2) is 0 Å². The molecule has 3 heterocycles. The van der Waals surface area contributed by atoms with Gasteiger partial charge in [0.2, 0.25) is 0 Å². The van der Waals surface area contributed by atoms with Gasteiger partial charge >= 0.3 is 0 Å². The molecule has 8 aromatic rings. The van der Waals surface area contributed by atoms with Crippen LogP contribution in [-0.2, 0) is 11.8 Å². The Kier molecular flexibility index (Phi) is 5.04. The van der Waals surface area contributed by atoms with Gasteiger partial charge in [0, 0.05) is 55.4 Å². The lowest BCUT2D eigenvalue weighted by Crippen LogP contribution is -2.32. The molecule has 0 saturated heterocycles. The van der Waals surface area contributed by atoms with Gasteiger partial charge in [-0.2, -0.15) is 0 Å². The Morgan fingerprint density at radius 2 is 1.36 bits per heavy atom. The number of aromatic nitrogens is 1. The van der Waals surface area contributed by atoms with Crippen molar-refractivity contribution in [3.8, 4) is 16.8 Å². The first-order valence-corrected chi connectivity index (χ1v) is 17.1. The summed E-state index contributed by atoms with van der Waals surface area (Å²) in [6.45, 7) is 0. The van der Waals surface area contributed by atoms with Crippen LogP contribution in [0.3, 0.4) is 0 Å². The highest BCUT2D eigenvalue weighted by atomic mass is 32.2. The summed E-state index contributed by atoms with van der Waals surface area (Å²) < 4.78 is 8.77. The third kappa shape index (κ3) is 3.22. The smallest absolute Gasteiger partial charge is 0.135 e. The van der Waals surface area contributed by atoms with Gasteiger partial charge < -0.3 is 14.7 Å². The number of hydrogen-bond acceptors (Lipinski definition) is 3. The zero-order valence-electron chi connectivity index (χ0n) is 25.4.